The Bertz CT molecular complexity index is 1310. The van der Waals surface area contributed by atoms with Crippen LogP contribution in [0.25, 0.3) is 10.9 Å². The number of nitrogens with zero attached hydrogens (tertiary/aromatic N) is 1. The number of aryl methyl sites for hydroxylation is 1. The number of hydrogen-bond donors (Lipinski definition) is 1. The van der Waals surface area contributed by atoms with E-state index in [2.05, 4.69) is 4.98 Å². The third kappa shape index (κ3) is 4.67. The van der Waals surface area contributed by atoms with E-state index in [-0.39, 0.29) is 35.4 Å². The molecule has 1 N–H and O–H groups in total. The number of carbonyl (C=O) groups excluding carboxylic acids is 1. The first-order valence-electron chi connectivity index (χ1n) is 10.6. The third-order valence-electron chi connectivity index (χ3n) is 5.75. The number of pyridine rings is 1. The van der Waals surface area contributed by atoms with Gasteiger partial charge >= 0.3 is 0 Å². The van der Waals surface area contributed by atoms with Gasteiger partial charge in [0.25, 0.3) is 5.56 Å². The average Bonchev–Trinajstić information content (AvgIpc) is 3.27. The maximum Gasteiger partial charge on any atom is 0.252 e. The molecule has 1 aromatic heterocycles. The molecule has 4 rings (SSSR count). The molecule has 3 aromatic rings. The lowest BCUT2D eigenvalue weighted by Gasteiger charge is -2.25. The summed E-state index contributed by atoms with van der Waals surface area (Å²) in [5, 5.41) is 0.847. The number of fused-ring (bicyclic) bond motifs is 1. The molecule has 0 saturated carbocycles. The highest BCUT2D eigenvalue weighted by Crippen LogP contribution is 2.23. The minimum absolute atomic E-state index is 0.0735. The number of aromatic amines is 1. The quantitative estimate of drug-likeness (QED) is 0.552. The molecule has 0 amide bonds. The number of benzene rings is 2. The average molecular weight is 455 g/mol. The Balaban J connectivity index is 1.72. The molecule has 1 aliphatic heterocycles. The Hall–Kier alpha value is -2.81. The van der Waals surface area contributed by atoms with Crippen LogP contribution in [0.1, 0.15) is 41.3 Å². The number of ketones is 1. The van der Waals surface area contributed by atoms with Crippen LogP contribution in [0.3, 0.4) is 0 Å². The van der Waals surface area contributed by atoms with Crippen LogP contribution in [-0.4, -0.2) is 42.7 Å². The molecule has 0 aliphatic carbocycles. The van der Waals surface area contributed by atoms with Crippen LogP contribution in [0.15, 0.2) is 58.2 Å². The summed E-state index contributed by atoms with van der Waals surface area (Å²) < 4.78 is 34.0. The second-order valence-corrected chi connectivity index (χ2v) is 10.2. The largest absolute Gasteiger partial charge is 0.377 e. The second kappa shape index (κ2) is 8.97. The lowest BCUT2D eigenvalue weighted by Crippen LogP contribution is -2.38. The van der Waals surface area contributed by atoms with Gasteiger partial charge < -0.3 is 9.72 Å². The maximum atomic E-state index is 13.5. The first-order chi connectivity index (χ1) is 15.2. The molecule has 0 spiro atoms. The molecule has 32 heavy (non-hydrogen) atoms. The van der Waals surface area contributed by atoms with E-state index >= 15 is 0 Å². The van der Waals surface area contributed by atoms with Crippen LogP contribution in [-0.2, 0) is 21.3 Å². The van der Waals surface area contributed by atoms with Gasteiger partial charge in [0, 0.05) is 36.3 Å². The smallest absolute Gasteiger partial charge is 0.252 e. The maximum absolute atomic E-state index is 13.5. The summed E-state index contributed by atoms with van der Waals surface area (Å²) in [5.74, 6) is -0.136. The molecule has 2 heterocycles. The summed E-state index contributed by atoms with van der Waals surface area (Å²) in [6.45, 7) is 4.07. The van der Waals surface area contributed by atoms with Crippen LogP contribution in [0.4, 0.5) is 0 Å². The zero-order valence-electron chi connectivity index (χ0n) is 18.1. The lowest BCUT2D eigenvalue weighted by molar-refractivity contribution is 0.0925. The molecule has 1 fully saturated rings. The Morgan fingerprint density at radius 2 is 1.91 bits per heavy atom. The van der Waals surface area contributed by atoms with Gasteiger partial charge in [0.1, 0.15) is 0 Å². The van der Waals surface area contributed by atoms with Gasteiger partial charge in [-0.15, -0.1) is 0 Å². The molecule has 0 bridgehead atoms. The third-order valence-corrected chi connectivity index (χ3v) is 7.58. The monoisotopic (exact) mass is 454 g/mol. The van der Waals surface area contributed by atoms with Crippen LogP contribution in [0, 0.1) is 6.92 Å². The molecule has 0 radical (unpaired) electrons. The van der Waals surface area contributed by atoms with Gasteiger partial charge in [0.15, 0.2) is 5.78 Å². The Labute approximate surface area is 187 Å². The summed E-state index contributed by atoms with van der Waals surface area (Å²) in [6, 6.07) is 13.3. The van der Waals surface area contributed by atoms with E-state index in [0.717, 1.165) is 23.8 Å². The molecular formula is C24H26N2O5S. The molecule has 1 aliphatic rings. The number of Topliss-reactive ketones (excluding diaryl/α,β-unsaturated/α-hetero) is 1. The fourth-order valence-corrected chi connectivity index (χ4v) is 5.40. The van der Waals surface area contributed by atoms with Gasteiger partial charge in [-0.2, -0.15) is 4.31 Å². The molecule has 8 heteroatoms. The van der Waals surface area contributed by atoms with Crippen LogP contribution < -0.4 is 5.56 Å². The zero-order valence-corrected chi connectivity index (χ0v) is 18.9. The standard InChI is InChI=1S/C24H26N2O5S/c1-16-5-10-23-19(12-16)13-20(24(28)25-23)14-26(15-21-4-3-11-31-21)32(29,30)22-8-6-18(7-9-22)17(2)27/h5-10,12-13,21H,3-4,11,14-15H2,1-2H3,(H,25,28)/t21-/m1/s1. The normalized spacial score (nSPS) is 16.7. The number of carbonyl (C=O) groups is 1. The van der Waals surface area contributed by atoms with Gasteiger partial charge in [-0.1, -0.05) is 23.8 Å². The van der Waals surface area contributed by atoms with Crippen molar-refractivity contribution in [1.82, 2.24) is 9.29 Å². The van der Waals surface area contributed by atoms with Crippen molar-refractivity contribution in [3.8, 4) is 0 Å². The summed E-state index contributed by atoms with van der Waals surface area (Å²) in [5.41, 5.74) is 2.24. The first-order valence-corrected chi connectivity index (χ1v) is 12.0. The summed E-state index contributed by atoms with van der Waals surface area (Å²) in [6.07, 6.45) is 1.42. The van der Waals surface area contributed by atoms with Gasteiger partial charge in [-0.3, -0.25) is 9.59 Å². The van der Waals surface area contributed by atoms with Crippen molar-refractivity contribution in [2.24, 2.45) is 0 Å². The molecule has 2 aromatic carbocycles. The fourth-order valence-electron chi connectivity index (χ4n) is 3.95. The Morgan fingerprint density at radius 3 is 2.56 bits per heavy atom. The van der Waals surface area contributed by atoms with E-state index in [0.29, 0.717) is 23.3 Å². The molecule has 1 atom stereocenters. The van der Waals surface area contributed by atoms with Crippen molar-refractivity contribution in [3.05, 3.63) is 75.6 Å². The minimum Gasteiger partial charge on any atom is -0.377 e. The number of nitrogens with one attached hydrogen (secondary N) is 1. The minimum atomic E-state index is -3.92. The predicted octanol–water partition coefficient (Wildman–Crippen LogP) is 3.41. The Kier molecular flexibility index (Phi) is 6.28. The fraction of sp³-hybridized carbons (Fsp3) is 0.333. The van der Waals surface area contributed by atoms with Crippen molar-refractivity contribution in [3.63, 3.8) is 0 Å². The van der Waals surface area contributed by atoms with Gasteiger partial charge in [0.05, 0.1) is 11.0 Å². The van der Waals surface area contributed by atoms with E-state index in [9.17, 15) is 18.0 Å². The Morgan fingerprint density at radius 1 is 1.16 bits per heavy atom. The molecular weight excluding hydrogens is 428 g/mol. The summed E-state index contributed by atoms with van der Waals surface area (Å²) in [7, 11) is -3.92. The van der Waals surface area contributed by atoms with E-state index in [1.807, 2.05) is 25.1 Å². The van der Waals surface area contributed by atoms with Crippen molar-refractivity contribution in [1.29, 1.82) is 0 Å². The summed E-state index contributed by atoms with van der Waals surface area (Å²) in [4.78, 5) is 27.2. The predicted molar refractivity (Wildman–Crippen MR) is 122 cm³/mol. The molecule has 7 nitrogen and oxygen atoms in total. The molecule has 0 unspecified atom stereocenters. The van der Waals surface area contributed by atoms with Gasteiger partial charge in [-0.05, 0) is 62.4 Å². The first kappa shape index (κ1) is 22.4. The van der Waals surface area contributed by atoms with E-state index in [4.69, 9.17) is 4.74 Å². The number of H-pyrrole nitrogens is 1. The van der Waals surface area contributed by atoms with Gasteiger partial charge in [-0.25, -0.2) is 8.42 Å². The number of sulfonamides is 1. The van der Waals surface area contributed by atoms with Crippen LogP contribution in [0.5, 0.6) is 0 Å². The second-order valence-electron chi connectivity index (χ2n) is 8.23. The number of aromatic nitrogens is 1. The topological polar surface area (TPSA) is 96.5 Å². The van der Waals surface area contributed by atoms with E-state index in [1.165, 1.54) is 35.5 Å². The van der Waals surface area contributed by atoms with Crippen molar-refractivity contribution < 1.29 is 17.9 Å². The molecule has 1 saturated heterocycles. The van der Waals surface area contributed by atoms with Crippen molar-refractivity contribution in [2.75, 3.05) is 13.2 Å². The number of ether oxygens (including phenoxy) is 1. The number of rotatable bonds is 7. The highest BCUT2D eigenvalue weighted by molar-refractivity contribution is 7.89. The van der Waals surface area contributed by atoms with Crippen LogP contribution in [0.2, 0.25) is 0 Å². The van der Waals surface area contributed by atoms with Gasteiger partial charge in [0.2, 0.25) is 10.0 Å². The molecule has 168 valence electrons. The SMILES string of the molecule is CC(=O)c1ccc(S(=O)(=O)N(Cc2cc3cc(C)ccc3[nH]c2=O)C[C@H]2CCCO2)cc1. The van der Waals surface area contributed by atoms with Crippen LogP contribution >= 0.6 is 0 Å². The van der Waals surface area contributed by atoms with Crippen molar-refractivity contribution >= 4 is 26.7 Å². The van der Waals surface area contributed by atoms with Crippen molar-refractivity contribution in [2.45, 2.75) is 44.2 Å². The summed E-state index contributed by atoms with van der Waals surface area (Å²) >= 11 is 0. The highest BCUT2D eigenvalue weighted by Gasteiger charge is 2.30. The number of hydrogen-bond acceptors (Lipinski definition) is 5. The zero-order chi connectivity index (χ0) is 22.9. The van der Waals surface area contributed by atoms with E-state index < -0.39 is 10.0 Å². The highest BCUT2D eigenvalue weighted by atomic mass is 32.2. The van der Waals surface area contributed by atoms with E-state index in [1.54, 1.807) is 6.07 Å². The lowest BCUT2D eigenvalue weighted by atomic mass is 10.1.